The minimum atomic E-state index is 0.893. The second-order valence-electron chi connectivity index (χ2n) is 1.79. The first kappa shape index (κ1) is 7.92. The van der Waals surface area contributed by atoms with Gasteiger partial charge in [-0.3, -0.25) is 5.32 Å². The lowest BCUT2D eigenvalue weighted by atomic mass is 10.2. The molecule has 0 aromatic heterocycles. The van der Waals surface area contributed by atoms with Crippen molar-refractivity contribution in [3.8, 4) is 0 Å². The second-order valence-corrected chi connectivity index (χ2v) is 1.79. The van der Waals surface area contributed by atoms with E-state index in [1.165, 1.54) is 12.8 Å². The maximum Gasteiger partial charge on any atom is 0.144 e. The summed E-state index contributed by atoms with van der Waals surface area (Å²) in [5.41, 5.74) is 0. The van der Waals surface area contributed by atoms with Gasteiger partial charge in [0, 0.05) is 0 Å². The van der Waals surface area contributed by atoms with E-state index in [2.05, 4.69) is 12.2 Å². The van der Waals surface area contributed by atoms with Crippen LogP contribution in [0.25, 0.3) is 0 Å². The molecule has 0 aliphatic carbocycles. The van der Waals surface area contributed by atoms with Crippen LogP contribution in [0.4, 0.5) is 0 Å². The highest BCUT2D eigenvalue weighted by Crippen LogP contribution is 1.90. The quantitative estimate of drug-likeness (QED) is 0.530. The monoisotopic (exact) mass is 116 g/mol. The fourth-order valence-electron chi connectivity index (χ4n) is 0.542. The third-order valence-corrected chi connectivity index (χ3v) is 1.02. The summed E-state index contributed by atoms with van der Waals surface area (Å²) in [6.45, 7) is 4.04. The maximum absolute atomic E-state index is 8.13. The van der Waals surface area contributed by atoms with Crippen LogP contribution in [-0.4, -0.2) is 11.7 Å². The zero-order chi connectivity index (χ0) is 6.24. The summed E-state index contributed by atoms with van der Waals surface area (Å²) in [4.78, 5) is 0. The van der Waals surface area contributed by atoms with Crippen molar-refractivity contribution in [2.75, 3.05) is 6.54 Å². The van der Waals surface area contributed by atoms with E-state index in [9.17, 15) is 0 Å². The lowest BCUT2D eigenvalue weighted by Crippen LogP contribution is -2.10. The van der Waals surface area contributed by atoms with Gasteiger partial charge >= 0.3 is 0 Å². The largest absolute Gasteiger partial charge is 0.374 e. The number of aliphatic hydroxyl groups excluding tert-OH is 1. The third kappa shape index (κ3) is 5.92. The zero-order valence-electron chi connectivity index (χ0n) is 5.35. The number of unbranched alkanes of at least 4 members (excludes halogenated alkanes) is 2. The van der Waals surface area contributed by atoms with Crippen molar-refractivity contribution >= 4 is 0 Å². The maximum atomic E-state index is 8.13. The highest BCUT2D eigenvalue weighted by atomic mass is 16.3. The molecular formula is C6H14NO. The van der Waals surface area contributed by atoms with Crippen LogP contribution in [0.5, 0.6) is 0 Å². The summed E-state index contributed by atoms with van der Waals surface area (Å²) in [5.74, 6) is 0. The molecule has 0 bridgehead atoms. The molecule has 2 N–H and O–H groups in total. The lowest BCUT2D eigenvalue weighted by Gasteiger charge is -1.96. The van der Waals surface area contributed by atoms with Crippen molar-refractivity contribution in [3.63, 3.8) is 0 Å². The molecule has 0 heterocycles. The minimum Gasteiger partial charge on any atom is -0.374 e. The fraction of sp³-hybridized carbons (Fsp3) is 0.833. The first-order chi connectivity index (χ1) is 3.91. The van der Waals surface area contributed by atoms with Gasteiger partial charge in [-0.25, -0.2) is 0 Å². The van der Waals surface area contributed by atoms with Crippen molar-refractivity contribution in [1.29, 1.82) is 0 Å². The first-order valence-electron chi connectivity index (χ1n) is 3.11. The van der Waals surface area contributed by atoms with E-state index in [1.807, 2.05) is 0 Å². The van der Waals surface area contributed by atoms with E-state index in [0.717, 1.165) is 19.7 Å². The third-order valence-electron chi connectivity index (χ3n) is 1.02. The Hall–Kier alpha value is -0.0800. The van der Waals surface area contributed by atoms with Gasteiger partial charge in [-0.2, -0.15) is 0 Å². The molecule has 49 valence electrons. The summed E-state index contributed by atoms with van der Waals surface area (Å²) >= 11 is 0. The number of hydrogen-bond acceptors (Lipinski definition) is 2. The van der Waals surface area contributed by atoms with E-state index < -0.39 is 0 Å². The van der Waals surface area contributed by atoms with E-state index >= 15 is 0 Å². The normalized spacial score (nSPS) is 9.75. The molecule has 0 atom stereocenters. The SMILES string of the molecule is CCCCCN[CH]O. The molecule has 0 amide bonds. The molecule has 0 unspecified atom stereocenters. The van der Waals surface area contributed by atoms with Crippen LogP contribution in [0.2, 0.25) is 0 Å². The van der Waals surface area contributed by atoms with E-state index in [0.29, 0.717) is 0 Å². The molecule has 0 aliphatic heterocycles. The average molecular weight is 116 g/mol. The molecule has 0 aliphatic rings. The van der Waals surface area contributed by atoms with Crippen LogP contribution >= 0.6 is 0 Å². The molecule has 2 nitrogen and oxygen atoms in total. The summed E-state index contributed by atoms with van der Waals surface area (Å²) in [7, 11) is 0. The Balaban J connectivity index is 2.53. The topological polar surface area (TPSA) is 32.3 Å². The Bertz CT molecular complexity index is 33.5. The van der Waals surface area contributed by atoms with Crippen LogP contribution in [0.1, 0.15) is 26.2 Å². The molecule has 0 aromatic rings. The number of aliphatic hydroxyl groups is 1. The molecule has 1 radical (unpaired) electrons. The number of rotatable bonds is 5. The van der Waals surface area contributed by atoms with Gasteiger partial charge in [0.25, 0.3) is 0 Å². The van der Waals surface area contributed by atoms with Crippen LogP contribution in [-0.2, 0) is 0 Å². The molecular weight excluding hydrogens is 102 g/mol. The summed E-state index contributed by atoms with van der Waals surface area (Å²) in [6, 6.07) is 0. The van der Waals surface area contributed by atoms with Crippen LogP contribution < -0.4 is 5.32 Å². The van der Waals surface area contributed by atoms with Crippen molar-refractivity contribution < 1.29 is 5.11 Å². The van der Waals surface area contributed by atoms with E-state index in [1.54, 1.807) is 0 Å². The van der Waals surface area contributed by atoms with Crippen LogP contribution in [0, 0.1) is 6.73 Å². The van der Waals surface area contributed by atoms with Crippen molar-refractivity contribution in [1.82, 2.24) is 5.32 Å². The Kier molecular flexibility index (Phi) is 6.85. The van der Waals surface area contributed by atoms with Gasteiger partial charge < -0.3 is 5.11 Å². The lowest BCUT2D eigenvalue weighted by molar-refractivity contribution is 0.348. The molecule has 0 saturated heterocycles. The Morgan fingerprint density at radius 2 is 2.25 bits per heavy atom. The Labute approximate surface area is 50.9 Å². The van der Waals surface area contributed by atoms with Gasteiger partial charge in [0.1, 0.15) is 6.73 Å². The molecule has 0 rings (SSSR count). The standard InChI is InChI=1S/C6H14NO/c1-2-3-4-5-7-6-8/h6-8H,2-5H2,1H3. The van der Waals surface area contributed by atoms with Gasteiger partial charge in [0.2, 0.25) is 0 Å². The summed E-state index contributed by atoms with van der Waals surface area (Å²) in [5, 5.41) is 10.8. The van der Waals surface area contributed by atoms with Crippen molar-refractivity contribution in [3.05, 3.63) is 6.73 Å². The summed E-state index contributed by atoms with van der Waals surface area (Å²) in [6.07, 6.45) is 3.61. The predicted molar refractivity (Wildman–Crippen MR) is 33.8 cm³/mol. The highest BCUT2D eigenvalue weighted by Gasteiger charge is 1.82. The van der Waals surface area contributed by atoms with Gasteiger partial charge in [0.15, 0.2) is 0 Å². The molecule has 0 spiro atoms. The summed E-state index contributed by atoms with van der Waals surface area (Å²) < 4.78 is 0. The highest BCUT2D eigenvalue weighted by molar-refractivity contribution is 4.46. The second kappa shape index (κ2) is 6.92. The van der Waals surface area contributed by atoms with Crippen LogP contribution in [0.15, 0.2) is 0 Å². The smallest absolute Gasteiger partial charge is 0.144 e. The minimum absolute atomic E-state index is 0.893. The van der Waals surface area contributed by atoms with Crippen LogP contribution in [0.3, 0.4) is 0 Å². The fourth-order valence-corrected chi connectivity index (χ4v) is 0.542. The Morgan fingerprint density at radius 1 is 1.50 bits per heavy atom. The van der Waals surface area contributed by atoms with E-state index in [4.69, 9.17) is 5.11 Å². The first-order valence-corrected chi connectivity index (χ1v) is 3.11. The average Bonchev–Trinajstić information content (AvgIpc) is 1.81. The van der Waals surface area contributed by atoms with Gasteiger partial charge in [-0.15, -0.1) is 0 Å². The predicted octanol–water partition coefficient (Wildman–Crippen LogP) is 1.26. The molecule has 0 saturated carbocycles. The van der Waals surface area contributed by atoms with E-state index in [-0.39, 0.29) is 0 Å². The van der Waals surface area contributed by atoms with Gasteiger partial charge in [-0.05, 0) is 13.0 Å². The van der Waals surface area contributed by atoms with Crippen molar-refractivity contribution in [2.24, 2.45) is 0 Å². The Morgan fingerprint density at radius 3 is 2.75 bits per heavy atom. The molecule has 8 heavy (non-hydrogen) atoms. The van der Waals surface area contributed by atoms with Crippen molar-refractivity contribution in [2.45, 2.75) is 26.2 Å². The number of hydrogen-bond donors (Lipinski definition) is 2. The molecule has 0 aromatic carbocycles. The molecule has 2 heteroatoms. The zero-order valence-corrected chi connectivity index (χ0v) is 5.35. The number of nitrogens with one attached hydrogen (secondary N) is 1. The molecule has 0 fully saturated rings. The van der Waals surface area contributed by atoms with Gasteiger partial charge in [-0.1, -0.05) is 19.8 Å². The van der Waals surface area contributed by atoms with Gasteiger partial charge in [0.05, 0.1) is 0 Å².